The van der Waals surface area contributed by atoms with Crippen LogP contribution in [0.15, 0.2) is 132 Å². The number of aromatic nitrogens is 1. The van der Waals surface area contributed by atoms with Crippen LogP contribution >= 0.6 is 0 Å². The summed E-state index contributed by atoms with van der Waals surface area (Å²) >= 11 is 0. The fourth-order valence-electron chi connectivity index (χ4n) is 6.47. The lowest BCUT2D eigenvalue weighted by atomic mass is 9.91. The van der Waals surface area contributed by atoms with Gasteiger partial charge in [-0.1, -0.05) is 91.0 Å². The van der Waals surface area contributed by atoms with E-state index in [4.69, 9.17) is 9.40 Å². The van der Waals surface area contributed by atoms with Crippen molar-refractivity contribution in [2.75, 3.05) is 0 Å². The number of allylic oxidation sites excluding steroid dienone is 2. The first kappa shape index (κ1) is 20.8. The Kier molecular flexibility index (Phi) is 4.08. The van der Waals surface area contributed by atoms with Crippen LogP contribution in [0, 0.1) is 0 Å². The van der Waals surface area contributed by atoms with Crippen LogP contribution in [-0.4, -0.2) is 4.98 Å². The second kappa shape index (κ2) is 7.66. The molecule has 0 amide bonds. The maximum Gasteiger partial charge on any atom is 0.228 e. The Morgan fingerprint density at radius 3 is 1.46 bits per heavy atom. The molecule has 0 saturated carbocycles. The van der Waals surface area contributed by atoms with Crippen LogP contribution in [-0.2, 0) is 0 Å². The first-order valence-electron chi connectivity index (χ1n) is 13.3. The molecule has 2 heteroatoms. The van der Waals surface area contributed by atoms with E-state index in [-0.39, 0.29) is 0 Å². The number of hydrogen-bond donors (Lipinski definition) is 0. The molecule has 0 spiro atoms. The van der Waals surface area contributed by atoms with Gasteiger partial charge in [0.05, 0.1) is 5.57 Å². The van der Waals surface area contributed by atoms with E-state index in [0.717, 1.165) is 16.7 Å². The molecule has 7 aromatic rings. The van der Waals surface area contributed by atoms with E-state index in [1.54, 1.807) is 0 Å². The molecule has 9 rings (SSSR count). The van der Waals surface area contributed by atoms with Gasteiger partial charge in [0.25, 0.3) is 0 Å². The van der Waals surface area contributed by atoms with Crippen molar-refractivity contribution in [1.29, 1.82) is 0 Å². The van der Waals surface area contributed by atoms with Gasteiger partial charge in [0, 0.05) is 5.57 Å². The van der Waals surface area contributed by atoms with Crippen molar-refractivity contribution in [3.05, 3.63) is 161 Å². The van der Waals surface area contributed by atoms with Crippen molar-refractivity contribution >= 4 is 54.9 Å². The van der Waals surface area contributed by atoms with Crippen LogP contribution in [0.5, 0.6) is 0 Å². The number of nitrogens with zero attached hydrogens (tertiary/aromatic N) is 1. The minimum Gasteiger partial charge on any atom is -0.436 e. The van der Waals surface area contributed by atoms with Crippen molar-refractivity contribution in [2.45, 2.75) is 0 Å². The lowest BCUT2D eigenvalue weighted by molar-refractivity contribution is 0.585. The van der Waals surface area contributed by atoms with Gasteiger partial charge in [0.15, 0.2) is 5.58 Å². The smallest absolute Gasteiger partial charge is 0.228 e. The number of para-hydroxylation sites is 2. The lowest BCUT2D eigenvalue weighted by Crippen LogP contribution is -1.93. The Labute approximate surface area is 225 Å². The summed E-state index contributed by atoms with van der Waals surface area (Å²) < 4.78 is 6.48. The molecular weight excluding hydrogens is 474 g/mol. The van der Waals surface area contributed by atoms with Crippen LogP contribution in [0.1, 0.15) is 33.7 Å². The molecule has 0 aliphatic heterocycles. The van der Waals surface area contributed by atoms with Gasteiger partial charge >= 0.3 is 0 Å². The summed E-state index contributed by atoms with van der Waals surface area (Å²) in [4.78, 5) is 5.02. The summed E-state index contributed by atoms with van der Waals surface area (Å²) in [5.74, 6) is 0.672. The predicted molar refractivity (Wildman–Crippen MR) is 160 cm³/mol. The van der Waals surface area contributed by atoms with E-state index < -0.39 is 0 Å². The summed E-state index contributed by atoms with van der Waals surface area (Å²) in [6.07, 6.45) is 0. The number of fused-ring (bicyclic) bond motifs is 8. The second-order valence-electron chi connectivity index (χ2n) is 10.3. The first-order valence-corrected chi connectivity index (χ1v) is 13.3. The highest BCUT2D eigenvalue weighted by Crippen LogP contribution is 2.59. The zero-order chi connectivity index (χ0) is 25.5. The second-order valence-corrected chi connectivity index (χ2v) is 10.3. The summed E-state index contributed by atoms with van der Waals surface area (Å²) in [7, 11) is 0. The highest BCUT2D eigenvalue weighted by atomic mass is 16.3. The molecule has 6 aromatic carbocycles. The minimum atomic E-state index is 0.672. The molecule has 1 aromatic heterocycles. The Hall–Kier alpha value is -5.21. The number of benzene rings is 6. The Balaban J connectivity index is 1.48. The van der Waals surface area contributed by atoms with Gasteiger partial charge in [-0.25, -0.2) is 4.98 Å². The van der Waals surface area contributed by atoms with E-state index in [2.05, 4.69) is 103 Å². The molecule has 0 saturated heterocycles. The van der Waals surface area contributed by atoms with E-state index in [9.17, 15) is 0 Å². The SMILES string of the molecule is c1ccc(C2=C3C(=C(c4nc5ccccc5o4)c4cc5ccccc5cc43)c3cc4ccccc4cc32)cc1. The molecule has 2 nitrogen and oxygen atoms in total. The molecule has 2 aliphatic carbocycles. The van der Waals surface area contributed by atoms with Crippen LogP contribution in [0.2, 0.25) is 0 Å². The molecule has 0 fully saturated rings. The molecule has 0 bridgehead atoms. The zero-order valence-electron chi connectivity index (χ0n) is 21.0. The molecule has 1 heterocycles. The number of hydrogen-bond acceptors (Lipinski definition) is 2. The molecule has 180 valence electrons. The van der Waals surface area contributed by atoms with E-state index in [0.29, 0.717) is 5.89 Å². The maximum atomic E-state index is 6.48. The van der Waals surface area contributed by atoms with E-state index in [1.807, 2.05) is 24.3 Å². The van der Waals surface area contributed by atoms with Crippen molar-refractivity contribution in [1.82, 2.24) is 4.98 Å². The minimum absolute atomic E-state index is 0.672. The van der Waals surface area contributed by atoms with Gasteiger partial charge in [-0.05, 0) is 96.9 Å². The fraction of sp³-hybridized carbons (Fsp3) is 0. The van der Waals surface area contributed by atoms with Gasteiger partial charge < -0.3 is 4.42 Å². The van der Waals surface area contributed by atoms with Crippen LogP contribution in [0.3, 0.4) is 0 Å². The normalized spacial score (nSPS) is 13.9. The number of oxazole rings is 1. The van der Waals surface area contributed by atoms with Crippen molar-refractivity contribution < 1.29 is 4.42 Å². The highest BCUT2D eigenvalue weighted by molar-refractivity contribution is 6.36. The first-order chi connectivity index (χ1) is 19.3. The fourth-order valence-corrected chi connectivity index (χ4v) is 6.47. The maximum absolute atomic E-state index is 6.48. The third-order valence-corrected chi connectivity index (χ3v) is 8.17. The van der Waals surface area contributed by atoms with Crippen molar-refractivity contribution in [3.63, 3.8) is 0 Å². The van der Waals surface area contributed by atoms with Gasteiger partial charge in [0.2, 0.25) is 5.89 Å². The molecule has 39 heavy (non-hydrogen) atoms. The van der Waals surface area contributed by atoms with Gasteiger partial charge in [-0.2, -0.15) is 0 Å². The Bertz CT molecular complexity index is 2180. The quantitative estimate of drug-likeness (QED) is 0.239. The summed E-state index contributed by atoms with van der Waals surface area (Å²) in [6.45, 7) is 0. The molecule has 2 aliphatic rings. The highest BCUT2D eigenvalue weighted by Gasteiger charge is 2.39. The largest absolute Gasteiger partial charge is 0.436 e. The monoisotopic (exact) mass is 495 g/mol. The average molecular weight is 496 g/mol. The van der Waals surface area contributed by atoms with Crippen LogP contribution in [0.25, 0.3) is 54.9 Å². The van der Waals surface area contributed by atoms with E-state index in [1.165, 1.54) is 66.1 Å². The van der Waals surface area contributed by atoms with E-state index >= 15 is 0 Å². The molecular formula is C37H21NO. The van der Waals surface area contributed by atoms with Crippen molar-refractivity contribution in [3.8, 4) is 0 Å². The zero-order valence-corrected chi connectivity index (χ0v) is 21.0. The van der Waals surface area contributed by atoms with Crippen molar-refractivity contribution in [2.24, 2.45) is 0 Å². The average Bonchev–Trinajstić information content (AvgIpc) is 3.65. The molecule has 0 radical (unpaired) electrons. The standard InChI is InChI=1S/C37H21NO/c1-2-10-22(11-3-1)33-27-18-23-12-4-5-13-24(23)19-28(27)35-34(33)29-20-25-14-6-7-15-26(25)21-30(29)36(35)37-38-31-16-8-9-17-32(31)39-37/h1-21H. The van der Waals surface area contributed by atoms with Crippen LogP contribution in [0.4, 0.5) is 0 Å². The molecule has 0 N–H and O–H groups in total. The number of rotatable bonds is 2. The summed E-state index contributed by atoms with van der Waals surface area (Å²) in [6, 6.07) is 45.4. The topological polar surface area (TPSA) is 26.0 Å². The lowest BCUT2D eigenvalue weighted by Gasteiger charge is -2.12. The third kappa shape index (κ3) is 2.89. The summed E-state index contributed by atoms with van der Waals surface area (Å²) in [5, 5.41) is 4.92. The predicted octanol–water partition coefficient (Wildman–Crippen LogP) is 9.38. The Morgan fingerprint density at radius 2 is 0.872 bits per heavy atom. The molecule has 0 atom stereocenters. The van der Waals surface area contributed by atoms with Gasteiger partial charge in [-0.3, -0.25) is 0 Å². The molecule has 0 unspecified atom stereocenters. The van der Waals surface area contributed by atoms with Crippen LogP contribution < -0.4 is 0 Å². The third-order valence-electron chi connectivity index (χ3n) is 8.17. The van der Waals surface area contributed by atoms with Gasteiger partial charge in [-0.15, -0.1) is 0 Å². The summed E-state index contributed by atoms with van der Waals surface area (Å²) in [5.41, 5.74) is 12.6. The Morgan fingerprint density at radius 1 is 0.410 bits per heavy atom. The van der Waals surface area contributed by atoms with Gasteiger partial charge in [0.1, 0.15) is 5.52 Å².